The molecule has 1 aromatic heterocycles. The van der Waals surface area contributed by atoms with E-state index in [2.05, 4.69) is 10.3 Å². The Hall–Kier alpha value is -2.28. The van der Waals surface area contributed by atoms with Crippen LogP contribution >= 0.6 is 11.6 Å². The van der Waals surface area contributed by atoms with E-state index < -0.39 is 5.97 Å². The fourth-order valence-corrected chi connectivity index (χ4v) is 1.81. The zero-order valence-electron chi connectivity index (χ0n) is 11.0. The van der Waals surface area contributed by atoms with Gasteiger partial charge in [0.25, 0.3) is 0 Å². The van der Waals surface area contributed by atoms with Gasteiger partial charge in [-0.3, -0.25) is 0 Å². The summed E-state index contributed by atoms with van der Waals surface area (Å²) < 4.78 is 11.3. The van der Waals surface area contributed by atoms with Crippen LogP contribution in [0, 0.1) is 0 Å². The van der Waals surface area contributed by atoms with E-state index in [9.17, 15) is 4.79 Å². The average Bonchev–Trinajstić information content (AvgIpc) is 2.80. The van der Waals surface area contributed by atoms with Crippen LogP contribution in [-0.4, -0.2) is 34.7 Å². The Morgan fingerprint density at radius 3 is 2.90 bits per heavy atom. The molecule has 0 aliphatic heterocycles. The lowest BCUT2D eigenvalue weighted by atomic mass is 10.3. The molecule has 7 nitrogen and oxygen atoms in total. The quantitative estimate of drug-likeness (QED) is 0.863. The molecule has 1 aromatic carbocycles. The molecule has 0 amide bonds. The number of benzene rings is 1. The number of anilines is 1. The van der Waals surface area contributed by atoms with E-state index in [0.29, 0.717) is 16.5 Å². The molecule has 1 heterocycles. The molecule has 0 unspecified atom stereocenters. The second-order valence-electron chi connectivity index (χ2n) is 3.77. The molecule has 2 aromatic rings. The van der Waals surface area contributed by atoms with Gasteiger partial charge < -0.3 is 15.2 Å². The van der Waals surface area contributed by atoms with Crippen LogP contribution in [0.25, 0.3) is 5.69 Å². The van der Waals surface area contributed by atoms with Crippen LogP contribution in [0.4, 0.5) is 5.82 Å². The second-order valence-corrected chi connectivity index (χ2v) is 4.21. The molecule has 8 heteroatoms. The van der Waals surface area contributed by atoms with Crippen molar-refractivity contribution in [3.8, 4) is 11.4 Å². The fourth-order valence-electron chi connectivity index (χ4n) is 1.64. The van der Waals surface area contributed by atoms with E-state index in [4.69, 9.17) is 26.8 Å². The normalized spacial score (nSPS) is 10.3. The van der Waals surface area contributed by atoms with Crippen LogP contribution in [0.5, 0.6) is 5.75 Å². The largest absolute Gasteiger partial charge is 0.494 e. The first-order valence-electron chi connectivity index (χ1n) is 5.80. The van der Waals surface area contributed by atoms with Crippen molar-refractivity contribution in [1.29, 1.82) is 0 Å². The molecular weight excluding hydrogens is 284 g/mol. The van der Waals surface area contributed by atoms with Crippen molar-refractivity contribution in [2.45, 2.75) is 6.92 Å². The number of carbonyl (C=O) groups excluding carboxylic acids is 1. The van der Waals surface area contributed by atoms with Crippen LogP contribution < -0.4 is 10.5 Å². The zero-order valence-corrected chi connectivity index (χ0v) is 11.7. The van der Waals surface area contributed by atoms with Gasteiger partial charge in [0.05, 0.1) is 13.7 Å². The third-order valence-corrected chi connectivity index (χ3v) is 2.78. The molecule has 0 bridgehead atoms. The van der Waals surface area contributed by atoms with Crippen molar-refractivity contribution in [1.82, 2.24) is 15.0 Å². The minimum atomic E-state index is -0.628. The molecule has 2 rings (SSSR count). The number of nitrogen functional groups attached to an aromatic ring is 1. The first kappa shape index (κ1) is 14.1. The molecule has 0 atom stereocenters. The van der Waals surface area contributed by atoms with Gasteiger partial charge in [-0.05, 0) is 25.1 Å². The van der Waals surface area contributed by atoms with Crippen LogP contribution in [0.1, 0.15) is 17.4 Å². The number of esters is 1. The zero-order chi connectivity index (χ0) is 14.7. The van der Waals surface area contributed by atoms with Gasteiger partial charge in [0.2, 0.25) is 5.69 Å². The lowest BCUT2D eigenvalue weighted by molar-refractivity contribution is 0.0520. The Morgan fingerprint density at radius 1 is 1.50 bits per heavy atom. The molecule has 0 saturated carbocycles. The van der Waals surface area contributed by atoms with Crippen LogP contribution in [0.2, 0.25) is 5.02 Å². The van der Waals surface area contributed by atoms with E-state index in [1.165, 1.54) is 11.8 Å². The van der Waals surface area contributed by atoms with Crippen LogP contribution in [0.3, 0.4) is 0 Å². The molecule has 0 spiro atoms. The molecule has 106 valence electrons. The summed E-state index contributed by atoms with van der Waals surface area (Å²) >= 11 is 5.95. The molecule has 0 aliphatic carbocycles. The van der Waals surface area contributed by atoms with E-state index in [1.807, 2.05) is 0 Å². The highest BCUT2D eigenvalue weighted by Crippen LogP contribution is 2.28. The highest BCUT2D eigenvalue weighted by atomic mass is 35.5. The topological polar surface area (TPSA) is 92.3 Å². The van der Waals surface area contributed by atoms with Gasteiger partial charge in [0, 0.05) is 5.02 Å². The van der Waals surface area contributed by atoms with Gasteiger partial charge in [0.1, 0.15) is 11.4 Å². The van der Waals surface area contributed by atoms with Gasteiger partial charge in [0.15, 0.2) is 5.82 Å². The second kappa shape index (κ2) is 5.79. The molecule has 0 saturated heterocycles. The Kier molecular flexibility index (Phi) is 4.09. The number of nitrogens with zero attached hydrogens (tertiary/aromatic N) is 3. The Bertz CT molecular complexity index is 642. The highest BCUT2D eigenvalue weighted by molar-refractivity contribution is 6.30. The Balaban J connectivity index is 2.49. The standard InChI is InChI=1S/C12H13ClN4O3/c1-3-20-12(18)10-11(14)17(16-15-10)8-6-7(13)4-5-9(8)19-2/h4-6H,3,14H2,1-2H3. The van der Waals surface area contributed by atoms with Crippen LogP contribution in [-0.2, 0) is 4.74 Å². The summed E-state index contributed by atoms with van der Waals surface area (Å²) in [5.74, 6) is -0.0670. The van der Waals surface area contributed by atoms with Gasteiger partial charge in [-0.15, -0.1) is 5.10 Å². The number of halogens is 1. The molecular formula is C12H13ClN4O3. The van der Waals surface area contributed by atoms with E-state index in [0.717, 1.165) is 0 Å². The highest BCUT2D eigenvalue weighted by Gasteiger charge is 2.21. The van der Waals surface area contributed by atoms with Gasteiger partial charge in [-0.1, -0.05) is 16.8 Å². The third kappa shape index (κ3) is 2.53. The maximum Gasteiger partial charge on any atom is 0.362 e. The summed E-state index contributed by atoms with van der Waals surface area (Å²) in [5, 5.41) is 8.05. The van der Waals surface area contributed by atoms with Crippen molar-refractivity contribution in [3.63, 3.8) is 0 Å². The number of methoxy groups -OCH3 is 1. The fraction of sp³-hybridized carbons (Fsp3) is 0.250. The van der Waals surface area contributed by atoms with Crippen molar-refractivity contribution in [2.24, 2.45) is 0 Å². The molecule has 0 radical (unpaired) electrons. The number of carbonyl (C=O) groups is 1. The predicted octanol–water partition coefficient (Wildman–Crippen LogP) is 1.69. The van der Waals surface area contributed by atoms with E-state index in [1.54, 1.807) is 25.1 Å². The summed E-state index contributed by atoms with van der Waals surface area (Å²) in [7, 11) is 1.51. The SMILES string of the molecule is CCOC(=O)c1nnn(-c2cc(Cl)ccc2OC)c1N. The van der Waals surface area contributed by atoms with Gasteiger partial charge in [-0.25, -0.2) is 4.79 Å². The maximum absolute atomic E-state index is 11.7. The summed E-state index contributed by atoms with van der Waals surface area (Å²) in [5.41, 5.74) is 6.32. The summed E-state index contributed by atoms with van der Waals surface area (Å²) in [6.45, 7) is 1.92. The minimum Gasteiger partial charge on any atom is -0.494 e. The van der Waals surface area contributed by atoms with E-state index in [-0.39, 0.29) is 18.1 Å². The predicted molar refractivity (Wildman–Crippen MR) is 73.3 cm³/mol. The number of hydrogen-bond acceptors (Lipinski definition) is 6. The minimum absolute atomic E-state index is 0.0473. The number of ether oxygens (including phenoxy) is 2. The summed E-state index contributed by atoms with van der Waals surface area (Å²) in [6, 6.07) is 4.95. The van der Waals surface area contributed by atoms with Crippen molar-refractivity contribution < 1.29 is 14.3 Å². The van der Waals surface area contributed by atoms with Gasteiger partial charge >= 0.3 is 5.97 Å². The van der Waals surface area contributed by atoms with Crippen LogP contribution in [0.15, 0.2) is 18.2 Å². The monoisotopic (exact) mass is 296 g/mol. The maximum atomic E-state index is 11.7. The molecule has 20 heavy (non-hydrogen) atoms. The average molecular weight is 297 g/mol. The molecule has 0 aliphatic rings. The number of aromatic nitrogens is 3. The molecule has 2 N–H and O–H groups in total. The third-order valence-electron chi connectivity index (χ3n) is 2.54. The van der Waals surface area contributed by atoms with Crippen molar-refractivity contribution in [2.75, 3.05) is 19.5 Å². The first-order chi connectivity index (χ1) is 9.58. The van der Waals surface area contributed by atoms with Crippen molar-refractivity contribution >= 4 is 23.4 Å². The smallest absolute Gasteiger partial charge is 0.362 e. The number of nitrogens with two attached hydrogens (primary N) is 1. The van der Waals surface area contributed by atoms with Gasteiger partial charge in [-0.2, -0.15) is 4.68 Å². The number of rotatable bonds is 4. The number of hydrogen-bond donors (Lipinski definition) is 1. The lowest BCUT2D eigenvalue weighted by Gasteiger charge is -2.09. The summed E-state index contributed by atoms with van der Waals surface area (Å²) in [4.78, 5) is 11.7. The Morgan fingerprint density at radius 2 is 2.25 bits per heavy atom. The van der Waals surface area contributed by atoms with Crippen molar-refractivity contribution in [3.05, 3.63) is 28.9 Å². The van der Waals surface area contributed by atoms with E-state index >= 15 is 0 Å². The Labute approximate surface area is 120 Å². The first-order valence-corrected chi connectivity index (χ1v) is 6.18. The molecule has 0 fully saturated rings. The lowest BCUT2D eigenvalue weighted by Crippen LogP contribution is -2.10. The summed E-state index contributed by atoms with van der Waals surface area (Å²) in [6.07, 6.45) is 0.